The van der Waals surface area contributed by atoms with Gasteiger partial charge in [0, 0.05) is 23.8 Å². The smallest absolute Gasteiger partial charge is 0.119 e. The molecule has 1 fully saturated rings. The Morgan fingerprint density at radius 2 is 2.05 bits per heavy atom. The molecule has 20 heavy (non-hydrogen) atoms. The van der Waals surface area contributed by atoms with Crippen LogP contribution in [0.2, 0.25) is 0 Å². The second-order valence-corrected chi connectivity index (χ2v) is 5.24. The molecule has 1 aliphatic rings. The van der Waals surface area contributed by atoms with Crippen LogP contribution in [0.25, 0.3) is 5.69 Å². The molecule has 3 rings (SSSR count). The summed E-state index contributed by atoms with van der Waals surface area (Å²) in [7, 11) is 1.68. The van der Waals surface area contributed by atoms with E-state index < -0.39 is 0 Å². The highest BCUT2D eigenvalue weighted by atomic mass is 16.5. The summed E-state index contributed by atoms with van der Waals surface area (Å²) in [4.78, 5) is 0. The average molecular weight is 271 g/mol. The maximum atomic E-state index is 5.20. The summed E-state index contributed by atoms with van der Waals surface area (Å²) in [6, 6.07) is 8.76. The number of hydrogen-bond donors (Lipinski definition) is 1. The molecule has 2 aromatic rings. The van der Waals surface area contributed by atoms with Gasteiger partial charge in [-0.1, -0.05) is 6.92 Å². The van der Waals surface area contributed by atoms with Crippen LogP contribution in [0.3, 0.4) is 0 Å². The van der Waals surface area contributed by atoms with E-state index in [2.05, 4.69) is 17.3 Å². The summed E-state index contributed by atoms with van der Waals surface area (Å²) in [6.07, 6.45) is 5.59. The van der Waals surface area contributed by atoms with Crippen LogP contribution in [-0.2, 0) is 13.0 Å². The van der Waals surface area contributed by atoms with E-state index in [-0.39, 0.29) is 0 Å². The minimum Gasteiger partial charge on any atom is -0.497 e. The van der Waals surface area contributed by atoms with E-state index in [1.807, 2.05) is 35.1 Å². The molecule has 1 heterocycles. The van der Waals surface area contributed by atoms with Gasteiger partial charge in [0.1, 0.15) is 5.75 Å². The van der Waals surface area contributed by atoms with Crippen molar-refractivity contribution in [2.45, 2.75) is 38.8 Å². The molecule has 1 aromatic carbocycles. The molecule has 4 heteroatoms. The zero-order valence-electron chi connectivity index (χ0n) is 12.1. The average Bonchev–Trinajstić information content (AvgIpc) is 3.24. The number of nitrogens with one attached hydrogen (secondary N) is 1. The van der Waals surface area contributed by atoms with E-state index in [4.69, 9.17) is 4.74 Å². The number of benzene rings is 1. The second kappa shape index (κ2) is 5.67. The molecule has 0 spiro atoms. The van der Waals surface area contributed by atoms with Gasteiger partial charge in [-0.15, -0.1) is 0 Å². The Morgan fingerprint density at radius 1 is 1.30 bits per heavy atom. The fourth-order valence-corrected chi connectivity index (χ4v) is 2.42. The van der Waals surface area contributed by atoms with Crippen LogP contribution in [0, 0.1) is 0 Å². The molecule has 1 saturated carbocycles. The summed E-state index contributed by atoms with van der Waals surface area (Å²) in [5, 5.41) is 8.10. The summed E-state index contributed by atoms with van der Waals surface area (Å²) >= 11 is 0. The van der Waals surface area contributed by atoms with Crippen molar-refractivity contribution in [1.29, 1.82) is 0 Å². The molecule has 0 radical (unpaired) electrons. The first-order valence-electron chi connectivity index (χ1n) is 7.25. The van der Waals surface area contributed by atoms with Gasteiger partial charge in [0.15, 0.2) is 0 Å². The normalized spacial score (nSPS) is 14.5. The fourth-order valence-electron chi connectivity index (χ4n) is 2.42. The monoisotopic (exact) mass is 271 g/mol. The number of nitrogens with zero attached hydrogens (tertiary/aromatic N) is 2. The summed E-state index contributed by atoms with van der Waals surface area (Å²) < 4.78 is 7.23. The van der Waals surface area contributed by atoms with E-state index in [1.165, 1.54) is 24.1 Å². The number of rotatable bonds is 6. The minimum absolute atomic E-state index is 0.726. The van der Waals surface area contributed by atoms with Crippen LogP contribution in [0.15, 0.2) is 30.5 Å². The van der Waals surface area contributed by atoms with E-state index >= 15 is 0 Å². The molecule has 4 nitrogen and oxygen atoms in total. The van der Waals surface area contributed by atoms with E-state index in [0.29, 0.717) is 0 Å². The van der Waals surface area contributed by atoms with Crippen LogP contribution in [0.4, 0.5) is 0 Å². The Morgan fingerprint density at radius 3 is 2.65 bits per heavy atom. The molecule has 0 bridgehead atoms. The van der Waals surface area contributed by atoms with Crippen LogP contribution in [0.1, 0.15) is 31.0 Å². The number of hydrogen-bond acceptors (Lipinski definition) is 3. The number of methoxy groups -OCH3 is 1. The highest BCUT2D eigenvalue weighted by Crippen LogP contribution is 2.22. The third kappa shape index (κ3) is 2.70. The number of ether oxygens (including phenoxy) is 1. The third-order valence-corrected chi connectivity index (χ3v) is 3.77. The molecule has 0 aliphatic heterocycles. The van der Waals surface area contributed by atoms with Gasteiger partial charge in [-0.2, -0.15) is 5.10 Å². The molecule has 0 saturated heterocycles. The lowest BCUT2D eigenvalue weighted by molar-refractivity contribution is 0.414. The molecular formula is C16H21N3O. The first-order valence-corrected chi connectivity index (χ1v) is 7.25. The predicted molar refractivity (Wildman–Crippen MR) is 79.4 cm³/mol. The Bertz CT molecular complexity index is 570. The van der Waals surface area contributed by atoms with Crippen molar-refractivity contribution in [3.63, 3.8) is 0 Å². The molecule has 1 aliphatic carbocycles. The quantitative estimate of drug-likeness (QED) is 0.878. The van der Waals surface area contributed by atoms with Crippen molar-refractivity contribution in [2.75, 3.05) is 7.11 Å². The molecular weight excluding hydrogens is 250 g/mol. The molecule has 106 valence electrons. The van der Waals surface area contributed by atoms with Crippen LogP contribution in [0.5, 0.6) is 5.75 Å². The lowest BCUT2D eigenvalue weighted by atomic mass is 10.2. The lowest BCUT2D eigenvalue weighted by Gasteiger charge is -2.09. The number of aromatic nitrogens is 2. The summed E-state index contributed by atoms with van der Waals surface area (Å²) in [6.45, 7) is 3.10. The van der Waals surface area contributed by atoms with Crippen molar-refractivity contribution in [3.05, 3.63) is 41.7 Å². The topological polar surface area (TPSA) is 39.1 Å². The van der Waals surface area contributed by atoms with Gasteiger partial charge in [-0.05, 0) is 43.5 Å². The zero-order chi connectivity index (χ0) is 13.9. The van der Waals surface area contributed by atoms with E-state index in [0.717, 1.165) is 30.4 Å². The minimum atomic E-state index is 0.726. The maximum absolute atomic E-state index is 5.20. The Hall–Kier alpha value is -1.81. The highest BCUT2D eigenvalue weighted by molar-refractivity contribution is 5.39. The van der Waals surface area contributed by atoms with Crippen molar-refractivity contribution in [3.8, 4) is 11.4 Å². The lowest BCUT2D eigenvalue weighted by Crippen LogP contribution is -2.16. The molecule has 1 aromatic heterocycles. The Balaban J connectivity index is 1.83. The predicted octanol–water partition coefficient (Wildman–Crippen LogP) is 2.70. The molecule has 0 amide bonds. The first-order chi connectivity index (χ1) is 9.81. The van der Waals surface area contributed by atoms with Gasteiger partial charge in [-0.25, -0.2) is 4.68 Å². The zero-order valence-corrected chi connectivity index (χ0v) is 12.1. The van der Waals surface area contributed by atoms with Gasteiger partial charge in [0.2, 0.25) is 0 Å². The Labute approximate surface area is 119 Å². The molecule has 0 unspecified atom stereocenters. The standard InChI is InChI=1S/C16H21N3O/c1-3-16-12(10-17-13-4-5-13)11-18-19(16)14-6-8-15(20-2)9-7-14/h6-9,11,13,17H,3-5,10H2,1-2H3. The second-order valence-electron chi connectivity index (χ2n) is 5.24. The van der Waals surface area contributed by atoms with Crippen molar-refractivity contribution in [2.24, 2.45) is 0 Å². The van der Waals surface area contributed by atoms with E-state index in [9.17, 15) is 0 Å². The fraction of sp³-hybridized carbons (Fsp3) is 0.438. The van der Waals surface area contributed by atoms with Gasteiger partial charge in [0.05, 0.1) is 19.0 Å². The summed E-state index contributed by atoms with van der Waals surface area (Å²) in [5.74, 6) is 0.870. The SMILES string of the molecule is CCc1c(CNC2CC2)cnn1-c1ccc(OC)cc1. The van der Waals surface area contributed by atoms with Crippen molar-refractivity contribution >= 4 is 0 Å². The molecule has 0 atom stereocenters. The van der Waals surface area contributed by atoms with Gasteiger partial charge >= 0.3 is 0 Å². The van der Waals surface area contributed by atoms with Crippen LogP contribution >= 0.6 is 0 Å². The van der Waals surface area contributed by atoms with Gasteiger partial charge in [0.25, 0.3) is 0 Å². The highest BCUT2D eigenvalue weighted by Gasteiger charge is 2.21. The van der Waals surface area contributed by atoms with E-state index in [1.54, 1.807) is 7.11 Å². The third-order valence-electron chi connectivity index (χ3n) is 3.77. The van der Waals surface area contributed by atoms with Crippen LogP contribution in [-0.4, -0.2) is 22.9 Å². The summed E-state index contributed by atoms with van der Waals surface area (Å²) in [5.41, 5.74) is 3.67. The Kier molecular flexibility index (Phi) is 3.74. The molecule has 1 N–H and O–H groups in total. The largest absolute Gasteiger partial charge is 0.497 e. The van der Waals surface area contributed by atoms with Crippen molar-refractivity contribution in [1.82, 2.24) is 15.1 Å². The maximum Gasteiger partial charge on any atom is 0.119 e. The van der Waals surface area contributed by atoms with Gasteiger partial charge in [-0.3, -0.25) is 0 Å². The first kappa shape index (κ1) is 13.2. The van der Waals surface area contributed by atoms with Crippen molar-refractivity contribution < 1.29 is 4.74 Å². The van der Waals surface area contributed by atoms with Crippen LogP contribution < -0.4 is 10.1 Å². The van der Waals surface area contributed by atoms with Gasteiger partial charge < -0.3 is 10.1 Å².